The second-order valence-corrected chi connectivity index (χ2v) is 25.0. The molecule has 0 saturated carbocycles. The van der Waals surface area contributed by atoms with Crippen LogP contribution < -0.4 is 47.1 Å². The molecule has 91 heavy (non-hydrogen) atoms. The van der Waals surface area contributed by atoms with Crippen LogP contribution in [0.5, 0.6) is 5.75 Å². The van der Waals surface area contributed by atoms with Crippen LogP contribution in [-0.2, 0) is 49.9 Å². The minimum absolute atomic E-state index is 0.0420. The summed E-state index contributed by atoms with van der Waals surface area (Å²) in [7, 11) is 3.98. The number of aromatic carboxylic acids is 1. The van der Waals surface area contributed by atoms with Crippen molar-refractivity contribution in [3.63, 3.8) is 0 Å². The number of urea groups is 1. The van der Waals surface area contributed by atoms with Gasteiger partial charge in [-0.05, 0) is 126 Å². The number of nitrogens with two attached hydrogens (primary N) is 1. The first-order chi connectivity index (χ1) is 42.9. The molecule has 0 radical (unpaired) electrons. The largest absolute Gasteiger partial charge is 0.542 e. The number of benzene rings is 3. The fraction of sp³-hybridized carbons (Fsp3) is 0.419. The highest BCUT2D eigenvalue weighted by molar-refractivity contribution is 7.22. The standard InChI is InChI=1S/C60H71FN12O9S2.C2HF3O2/c1-10-30-80-35-40-33-41(64-53(74)45(20-13-27-63-56(62)78)65-54(75)49(36(2)3)68-59(79)82-60(5,6)7)25-24-39(40)34-73(8,9)29-15-17-38-23-26-46(43(61)32-38)81-31-16-22-48-50(55(76)77)67-58(84-48)72-28-14-18-42-37(4)51(70-71-52(42)72)69-57-66-44-19-11-12-21-47(44)83-57;3-2(4,5)1(6)7/h1,11-12,19,21,23-26,32-33,36,45,49H,13-14,16,18,20,22,27-31,34-35H2,2-9H3,(H7-,62,63,64,65,66,68,69,70,74,75,76,77,78,79);(H,6,7)/t45-,49-;/m0./s1. The van der Waals surface area contributed by atoms with Gasteiger partial charge < -0.3 is 70.9 Å². The molecule has 0 saturated heterocycles. The van der Waals surface area contributed by atoms with E-state index in [1.807, 2.05) is 56.3 Å². The first-order valence-electron chi connectivity index (χ1n) is 28.7. The fourth-order valence-corrected chi connectivity index (χ4v) is 11.1. The lowest BCUT2D eigenvalue weighted by molar-refractivity contribution is -0.896. The molecule has 1 aliphatic rings. The fourth-order valence-electron chi connectivity index (χ4n) is 9.14. The number of alkyl carbamates (subject to hydrolysis) is 1. The Morgan fingerprint density at radius 3 is 2.35 bits per heavy atom. The maximum atomic E-state index is 15.5. The van der Waals surface area contributed by atoms with Gasteiger partial charge in [0.1, 0.15) is 43.4 Å². The van der Waals surface area contributed by atoms with Crippen molar-refractivity contribution in [3.8, 4) is 29.9 Å². The highest BCUT2D eigenvalue weighted by Crippen LogP contribution is 2.39. The van der Waals surface area contributed by atoms with Gasteiger partial charge in [0.15, 0.2) is 39.2 Å². The number of carboxylic acids is 2. The second kappa shape index (κ2) is 32.0. The Kier molecular flexibility index (Phi) is 25.0. The van der Waals surface area contributed by atoms with Gasteiger partial charge in [-0.3, -0.25) is 9.59 Å². The summed E-state index contributed by atoms with van der Waals surface area (Å²) in [5.41, 5.74) is 9.73. The number of aromatic nitrogens is 4. The van der Waals surface area contributed by atoms with Crippen LogP contribution in [-0.4, -0.2) is 136 Å². The van der Waals surface area contributed by atoms with Gasteiger partial charge >= 0.3 is 24.3 Å². The van der Waals surface area contributed by atoms with E-state index in [0.29, 0.717) is 81.4 Å². The Bertz CT molecular complexity index is 3670. The van der Waals surface area contributed by atoms with E-state index in [4.69, 9.17) is 36.3 Å². The number of rotatable bonds is 25. The lowest BCUT2D eigenvalue weighted by atomic mass is 10.0. The molecule has 0 spiro atoms. The molecule has 0 bridgehead atoms. The van der Waals surface area contributed by atoms with Crippen molar-refractivity contribution in [1.29, 1.82) is 0 Å². The van der Waals surface area contributed by atoms with Crippen LogP contribution in [0.3, 0.4) is 0 Å². The number of carbonyl (C=O) groups excluding carboxylic acids is 5. The number of carboxylic acid groups (broad SMARTS) is 2. The summed E-state index contributed by atoms with van der Waals surface area (Å²) < 4.78 is 65.4. The van der Waals surface area contributed by atoms with Crippen LogP contribution >= 0.6 is 22.7 Å². The maximum Gasteiger partial charge on any atom is 0.430 e. The van der Waals surface area contributed by atoms with Gasteiger partial charge in [0, 0.05) is 45.9 Å². The zero-order valence-corrected chi connectivity index (χ0v) is 53.0. The molecular weight excluding hydrogens is 1230 g/mol. The minimum atomic E-state index is -5.19. The van der Waals surface area contributed by atoms with Gasteiger partial charge in [0.2, 0.25) is 11.8 Å². The smallest absolute Gasteiger partial charge is 0.430 e. The summed E-state index contributed by atoms with van der Waals surface area (Å²) in [4.78, 5) is 84.5. The van der Waals surface area contributed by atoms with E-state index in [1.54, 1.807) is 52.8 Å². The van der Waals surface area contributed by atoms with Gasteiger partial charge in [-0.15, -0.1) is 28.0 Å². The zero-order chi connectivity index (χ0) is 66.8. The summed E-state index contributed by atoms with van der Waals surface area (Å²) in [6.07, 6.45) is 2.26. The molecule has 3 aromatic heterocycles. The SMILES string of the molecule is C#CCOCc1cc(NC(=O)[C@H](CCCNC(N)=O)NC(=O)[C@@H](NC(=O)OC(C)(C)C)C(C)C)ccc1C[N+](C)(C)CC#Cc1ccc(OCCCc2sc(N3CCCc4c3nnc(Nc3nc5ccccc5s3)c4C)nc2C(=O)O)c(F)c1.O=C([O-])C(F)(F)F. The molecule has 7 rings (SSSR count). The van der Waals surface area contributed by atoms with Crippen molar-refractivity contribution in [1.82, 2.24) is 36.1 Å². The van der Waals surface area contributed by atoms with E-state index >= 15 is 4.39 Å². The molecule has 0 aliphatic carbocycles. The van der Waals surface area contributed by atoms with E-state index < -0.39 is 65.6 Å². The normalized spacial score (nSPS) is 12.8. The van der Waals surface area contributed by atoms with Crippen molar-refractivity contribution in [2.45, 2.75) is 117 Å². The van der Waals surface area contributed by atoms with Crippen LogP contribution in [0, 0.1) is 42.8 Å². The monoisotopic (exact) mass is 1300 g/mol. The number of fused-ring (bicyclic) bond motifs is 2. The predicted octanol–water partition coefficient (Wildman–Crippen LogP) is 8.03. The summed E-state index contributed by atoms with van der Waals surface area (Å²) in [5.74, 6) is 3.77. The first kappa shape index (κ1) is 70.9. The molecule has 0 unspecified atom stereocenters. The number of thiazole rings is 2. The summed E-state index contributed by atoms with van der Waals surface area (Å²) in [6.45, 7) is 12.5. The Hall–Kier alpha value is -9.16. The number of hydrogen-bond donors (Lipinski definition) is 7. The molecule has 3 aromatic carbocycles. The van der Waals surface area contributed by atoms with Crippen molar-refractivity contribution >= 4 is 96.4 Å². The van der Waals surface area contributed by atoms with Gasteiger partial charge in [0.25, 0.3) is 0 Å². The van der Waals surface area contributed by atoms with Crippen molar-refractivity contribution in [3.05, 3.63) is 105 Å². The van der Waals surface area contributed by atoms with Crippen LogP contribution in [0.4, 0.5) is 54.7 Å². The zero-order valence-electron chi connectivity index (χ0n) is 51.4. The predicted molar refractivity (Wildman–Crippen MR) is 333 cm³/mol. The quantitative estimate of drug-likeness (QED) is 0.0123. The second-order valence-electron chi connectivity index (χ2n) is 22.9. The number of terminal acetylenes is 1. The van der Waals surface area contributed by atoms with E-state index in [0.717, 1.165) is 45.3 Å². The number of alkyl halides is 3. The number of nitrogens with zero attached hydrogens (tertiary/aromatic N) is 6. The van der Waals surface area contributed by atoms with Gasteiger partial charge in [0.05, 0.1) is 37.5 Å². The number of ether oxygens (including phenoxy) is 3. The molecule has 2 atom stereocenters. The number of carbonyl (C=O) groups is 6. The van der Waals surface area contributed by atoms with Crippen LogP contribution in [0.25, 0.3) is 10.2 Å². The number of hydrogen-bond acceptors (Lipinski definition) is 18. The lowest BCUT2D eigenvalue weighted by Crippen LogP contribution is -2.55. The average molecular weight is 1300 g/mol. The third-order valence-corrected chi connectivity index (χ3v) is 15.6. The number of nitrogens with one attached hydrogen (secondary N) is 5. The van der Waals surface area contributed by atoms with Crippen LogP contribution in [0.2, 0.25) is 0 Å². The molecule has 6 aromatic rings. The van der Waals surface area contributed by atoms with E-state index in [1.165, 1.54) is 34.8 Å². The van der Waals surface area contributed by atoms with E-state index in [-0.39, 0.29) is 50.1 Å². The van der Waals surface area contributed by atoms with Gasteiger partial charge in [-0.2, -0.15) is 13.2 Å². The van der Waals surface area contributed by atoms with Crippen molar-refractivity contribution in [2.24, 2.45) is 11.7 Å². The van der Waals surface area contributed by atoms with E-state index in [2.05, 4.69) is 64.5 Å². The van der Waals surface area contributed by atoms with E-state index in [9.17, 15) is 42.3 Å². The number of aryl methyl sites for hydroxylation is 1. The third kappa shape index (κ3) is 21.5. The summed E-state index contributed by atoms with van der Waals surface area (Å²) >= 11 is 2.82. The minimum Gasteiger partial charge on any atom is -0.542 e. The van der Waals surface area contributed by atoms with Crippen LogP contribution in [0.15, 0.2) is 60.7 Å². The number of aliphatic carboxylic acids is 1. The molecule has 1 aliphatic heterocycles. The maximum absolute atomic E-state index is 15.5. The number of para-hydroxylation sites is 1. The average Bonchev–Trinajstić information content (AvgIpc) is 1.78. The topological polar surface area (TPSA) is 314 Å². The third-order valence-electron chi connectivity index (χ3n) is 13.5. The molecule has 5 amide bonds. The highest BCUT2D eigenvalue weighted by atomic mass is 32.1. The lowest BCUT2D eigenvalue weighted by Gasteiger charge is -2.29. The molecule has 4 heterocycles. The molecular formula is C62H72F4N12O11S2. The number of amides is 5. The molecule has 23 nitrogen and oxygen atoms in total. The molecule has 8 N–H and O–H groups in total. The van der Waals surface area contributed by atoms with Crippen molar-refractivity contribution in [2.75, 3.05) is 62.5 Å². The summed E-state index contributed by atoms with van der Waals surface area (Å²) in [5, 5.41) is 43.4. The Morgan fingerprint density at radius 2 is 1.69 bits per heavy atom. The Balaban J connectivity index is 0.00000177. The number of anilines is 5. The van der Waals surface area contributed by atoms with Gasteiger partial charge in [-0.1, -0.05) is 55.2 Å². The number of primary amides is 1. The Labute approximate surface area is 531 Å². The highest BCUT2D eigenvalue weighted by Gasteiger charge is 2.33. The molecule has 486 valence electrons. The van der Waals surface area contributed by atoms with Crippen molar-refractivity contribution < 1.29 is 75.2 Å². The van der Waals surface area contributed by atoms with Gasteiger partial charge in [-0.25, -0.2) is 28.7 Å². The molecule has 0 fully saturated rings. The summed E-state index contributed by atoms with van der Waals surface area (Å²) in [6, 6.07) is 15.0. The van der Waals surface area contributed by atoms with Crippen LogP contribution in [0.1, 0.15) is 103 Å². The number of quaternary nitrogens is 1. The Morgan fingerprint density at radius 1 is 0.956 bits per heavy atom. The first-order valence-corrected chi connectivity index (χ1v) is 30.3. The number of halogens is 4. The molecule has 29 heteroatoms.